The Morgan fingerprint density at radius 1 is 1.17 bits per heavy atom. The summed E-state index contributed by atoms with van der Waals surface area (Å²) in [4.78, 5) is 24.1. The molecule has 35 heavy (non-hydrogen) atoms. The maximum absolute atomic E-state index is 13.1. The fourth-order valence-corrected chi connectivity index (χ4v) is 5.77. The molecule has 192 valence electrons. The number of hydrogen-bond acceptors (Lipinski definition) is 6. The van der Waals surface area contributed by atoms with Gasteiger partial charge in [0.15, 0.2) is 6.61 Å². The average Bonchev–Trinajstić information content (AvgIpc) is 3.15. The largest absolute Gasteiger partial charge is 0.464 e. The van der Waals surface area contributed by atoms with Gasteiger partial charge in [-0.05, 0) is 63.1 Å². The Bertz CT molecular complexity index is 957. The molecule has 1 amide bonds. The lowest BCUT2D eigenvalue weighted by atomic mass is 9.84. The monoisotopic (exact) mass is 514 g/mol. The van der Waals surface area contributed by atoms with Crippen molar-refractivity contribution in [3.63, 3.8) is 0 Å². The van der Waals surface area contributed by atoms with Gasteiger partial charge in [0.05, 0.1) is 11.3 Å². The molecule has 3 heterocycles. The van der Waals surface area contributed by atoms with Crippen molar-refractivity contribution in [2.45, 2.75) is 63.8 Å². The quantitative estimate of drug-likeness (QED) is 0.483. The average molecular weight is 515 g/mol. The number of fused-ring (bicyclic) bond motifs is 1. The number of pyridine rings is 1. The zero-order chi connectivity index (χ0) is 24.8. The molecule has 0 saturated heterocycles. The van der Waals surface area contributed by atoms with Crippen LogP contribution in [0.4, 0.5) is 17.6 Å². The molecule has 0 unspecified atom stereocenters. The number of halogens is 4. The van der Waals surface area contributed by atoms with Gasteiger partial charge >= 0.3 is 0 Å². The molecule has 11 heteroatoms. The number of ether oxygens (including phenoxy) is 1. The van der Waals surface area contributed by atoms with Gasteiger partial charge in [-0.25, -0.2) is 22.5 Å². The van der Waals surface area contributed by atoms with Gasteiger partial charge in [-0.1, -0.05) is 11.3 Å². The first kappa shape index (κ1) is 25.8. The minimum absolute atomic E-state index is 0.00814. The smallest absolute Gasteiger partial charge is 0.281 e. The van der Waals surface area contributed by atoms with Crippen LogP contribution in [0.3, 0.4) is 0 Å². The fraction of sp³-hybridized carbons (Fsp3) is 0.625. The standard InChI is InChI=1S/C24H30F4N4O2S/c25-20(26)14-34-24-31-18-8-12-32(13-9-19(18)35-24)11-7-15-3-5-16(6-4-15)30-23(33)17-2-1-10-29-21(17)22(27)28/h1-2,10,15-16,20,22H,3-9,11-14H2,(H,30,33)/t15-,16-. The highest BCUT2D eigenvalue weighted by molar-refractivity contribution is 7.13. The lowest BCUT2D eigenvalue weighted by Crippen LogP contribution is -2.38. The second kappa shape index (κ2) is 12.1. The lowest BCUT2D eigenvalue weighted by Gasteiger charge is -2.31. The molecule has 1 N–H and O–H groups in total. The molecular weight excluding hydrogens is 484 g/mol. The topological polar surface area (TPSA) is 67.4 Å². The third-order valence-electron chi connectivity index (χ3n) is 6.74. The Hall–Kier alpha value is -2.27. The summed E-state index contributed by atoms with van der Waals surface area (Å²) in [6.45, 7) is 2.16. The van der Waals surface area contributed by atoms with Crippen LogP contribution in [0.2, 0.25) is 0 Å². The van der Waals surface area contributed by atoms with E-state index in [2.05, 4.69) is 20.2 Å². The van der Waals surface area contributed by atoms with E-state index >= 15 is 0 Å². The first-order chi connectivity index (χ1) is 16.9. The van der Waals surface area contributed by atoms with Gasteiger partial charge in [-0.3, -0.25) is 9.78 Å². The van der Waals surface area contributed by atoms with E-state index in [0.717, 1.165) is 75.2 Å². The fourth-order valence-electron chi connectivity index (χ4n) is 4.81. The lowest BCUT2D eigenvalue weighted by molar-refractivity contribution is 0.0816. The van der Waals surface area contributed by atoms with E-state index in [-0.39, 0.29) is 11.6 Å². The van der Waals surface area contributed by atoms with Gasteiger partial charge in [0.1, 0.15) is 5.69 Å². The van der Waals surface area contributed by atoms with Crippen LogP contribution in [0.15, 0.2) is 18.3 Å². The number of amides is 1. The number of nitrogens with zero attached hydrogens (tertiary/aromatic N) is 3. The SMILES string of the molecule is O=C(N[C@H]1CC[C@H](CCN2CCc3nc(OCC(F)F)sc3CC2)CC1)c1cccnc1C(F)F. The van der Waals surface area contributed by atoms with Crippen molar-refractivity contribution in [1.82, 2.24) is 20.2 Å². The second-order valence-electron chi connectivity index (χ2n) is 9.11. The Kier molecular flexibility index (Phi) is 8.94. The minimum Gasteiger partial charge on any atom is -0.464 e. The van der Waals surface area contributed by atoms with Crippen LogP contribution in [0.1, 0.15) is 65.2 Å². The van der Waals surface area contributed by atoms with E-state index in [1.165, 1.54) is 29.7 Å². The highest BCUT2D eigenvalue weighted by Gasteiger charge is 2.26. The van der Waals surface area contributed by atoms with Crippen molar-refractivity contribution < 1.29 is 27.1 Å². The molecule has 0 radical (unpaired) electrons. The van der Waals surface area contributed by atoms with Crippen molar-refractivity contribution in [2.24, 2.45) is 5.92 Å². The molecule has 0 aromatic carbocycles. The summed E-state index contributed by atoms with van der Waals surface area (Å²) in [6.07, 6.45) is 2.35. The van der Waals surface area contributed by atoms with Crippen molar-refractivity contribution in [3.05, 3.63) is 40.2 Å². The zero-order valence-corrected chi connectivity index (χ0v) is 20.2. The molecular formula is C24H30F4N4O2S. The van der Waals surface area contributed by atoms with Gasteiger partial charge in [-0.2, -0.15) is 0 Å². The Morgan fingerprint density at radius 2 is 1.94 bits per heavy atom. The molecule has 1 fully saturated rings. The molecule has 4 rings (SSSR count). The van der Waals surface area contributed by atoms with Crippen molar-refractivity contribution >= 4 is 17.2 Å². The molecule has 1 aliphatic carbocycles. The first-order valence-corrected chi connectivity index (χ1v) is 12.9. The summed E-state index contributed by atoms with van der Waals surface area (Å²) in [5, 5.41) is 3.25. The molecule has 0 bridgehead atoms. The van der Waals surface area contributed by atoms with Gasteiger partial charge in [0, 0.05) is 36.6 Å². The van der Waals surface area contributed by atoms with Crippen LogP contribution in [0, 0.1) is 5.92 Å². The van der Waals surface area contributed by atoms with Crippen LogP contribution >= 0.6 is 11.3 Å². The van der Waals surface area contributed by atoms with Crippen molar-refractivity contribution in [1.29, 1.82) is 0 Å². The number of alkyl halides is 4. The third-order valence-corrected chi connectivity index (χ3v) is 7.81. The van der Waals surface area contributed by atoms with Crippen LogP contribution in [0.5, 0.6) is 5.19 Å². The molecule has 2 aromatic heterocycles. The van der Waals surface area contributed by atoms with Crippen LogP contribution in [-0.2, 0) is 12.8 Å². The van der Waals surface area contributed by atoms with Gasteiger partial charge < -0.3 is 15.0 Å². The van der Waals surface area contributed by atoms with E-state index in [4.69, 9.17) is 4.74 Å². The molecule has 1 aliphatic heterocycles. The first-order valence-electron chi connectivity index (χ1n) is 12.0. The molecule has 0 atom stereocenters. The zero-order valence-electron chi connectivity index (χ0n) is 19.4. The van der Waals surface area contributed by atoms with Gasteiger partial charge in [0.25, 0.3) is 24.0 Å². The predicted molar refractivity (Wildman–Crippen MR) is 124 cm³/mol. The maximum atomic E-state index is 13.1. The van der Waals surface area contributed by atoms with E-state index in [9.17, 15) is 22.4 Å². The summed E-state index contributed by atoms with van der Waals surface area (Å²) >= 11 is 1.37. The Morgan fingerprint density at radius 3 is 2.69 bits per heavy atom. The number of nitrogens with one attached hydrogen (secondary N) is 1. The molecule has 2 aromatic rings. The van der Waals surface area contributed by atoms with Crippen molar-refractivity contribution in [3.8, 4) is 5.19 Å². The highest BCUT2D eigenvalue weighted by Crippen LogP contribution is 2.30. The Balaban J connectivity index is 1.17. The number of hydrogen-bond donors (Lipinski definition) is 1. The summed E-state index contributed by atoms with van der Waals surface area (Å²) in [7, 11) is 0. The molecule has 0 spiro atoms. The second-order valence-corrected chi connectivity index (χ2v) is 10.2. The summed E-state index contributed by atoms with van der Waals surface area (Å²) in [6, 6.07) is 2.88. The number of aromatic nitrogens is 2. The molecule has 1 saturated carbocycles. The van der Waals surface area contributed by atoms with E-state index in [0.29, 0.717) is 11.1 Å². The van der Waals surface area contributed by atoms with Crippen LogP contribution in [-0.4, -0.2) is 59.5 Å². The number of thiazole rings is 1. The number of carbonyl (C=O) groups excluding carboxylic acids is 1. The van der Waals surface area contributed by atoms with E-state index < -0.39 is 31.1 Å². The summed E-state index contributed by atoms with van der Waals surface area (Å²) in [5.74, 6) is 0.0910. The summed E-state index contributed by atoms with van der Waals surface area (Å²) < 4.78 is 56.0. The van der Waals surface area contributed by atoms with Crippen LogP contribution < -0.4 is 10.1 Å². The maximum Gasteiger partial charge on any atom is 0.281 e. The number of rotatable bonds is 9. The summed E-state index contributed by atoms with van der Waals surface area (Å²) in [5.41, 5.74) is 0.431. The normalized spacial score (nSPS) is 21.1. The molecule has 6 nitrogen and oxygen atoms in total. The highest BCUT2D eigenvalue weighted by atomic mass is 32.1. The third kappa shape index (κ3) is 7.13. The van der Waals surface area contributed by atoms with E-state index in [1.807, 2.05) is 0 Å². The predicted octanol–water partition coefficient (Wildman–Crippen LogP) is 4.90. The van der Waals surface area contributed by atoms with E-state index in [1.54, 1.807) is 0 Å². The number of carbonyl (C=O) groups is 1. The van der Waals surface area contributed by atoms with Crippen LogP contribution in [0.25, 0.3) is 0 Å². The minimum atomic E-state index is -2.78. The van der Waals surface area contributed by atoms with Gasteiger partial charge in [0.2, 0.25) is 0 Å². The van der Waals surface area contributed by atoms with Crippen molar-refractivity contribution in [2.75, 3.05) is 26.2 Å². The molecule has 2 aliphatic rings. The van der Waals surface area contributed by atoms with Gasteiger partial charge in [-0.15, -0.1) is 0 Å². The Labute approximate surface area is 206 Å².